The van der Waals surface area contributed by atoms with Crippen molar-refractivity contribution in [3.63, 3.8) is 0 Å². The summed E-state index contributed by atoms with van der Waals surface area (Å²) in [5.74, 6) is -0.852. The van der Waals surface area contributed by atoms with Crippen LogP contribution in [0.25, 0.3) is 0 Å². The SMILES string of the molecule is CCOCCNC(=O)c1ccc2c(c1)[C@]1(CCO2)C[C@H]1C(=O)Nc1cc(C#N)ccc1CCCC(=O)O. The summed E-state index contributed by atoms with van der Waals surface area (Å²) < 4.78 is 11.1. The molecule has 37 heavy (non-hydrogen) atoms. The number of nitrogens with zero attached hydrogens (tertiary/aromatic N) is 1. The maximum absolute atomic E-state index is 13.4. The molecular formula is C28H31N3O6. The summed E-state index contributed by atoms with van der Waals surface area (Å²) in [4.78, 5) is 37.0. The molecule has 2 amide bonds. The minimum atomic E-state index is -0.875. The molecule has 4 rings (SSSR count). The number of amides is 2. The molecule has 0 radical (unpaired) electrons. The van der Waals surface area contributed by atoms with Crippen molar-refractivity contribution < 1.29 is 29.0 Å². The van der Waals surface area contributed by atoms with Crippen LogP contribution < -0.4 is 15.4 Å². The van der Waals surface area contributed by atoms with Crippen LogP contribution in [-0.4, -0.2) is 49.3 Å². The summed E-state index contributed by atoms with van der Waals surface area (Å²) in [6.45, 7) is 3.82. The van der Waals surface area contributed by atoms with Crippen molar-refractivity contribution in [1.29, 1.82) is 5.26 Å². The molecule has 1 aliphatic heterocycles. The lowest BCUT2D eigenvalue weighted by molar-refractivity contribution is -0.137. The maximum atomic E-state index is 13.4. The lowest BCUT2D eigenvalue weighted by Gasteiger charge is -2.27. The predicted molar refractivity (Wildman–Crippen MR) is 136 cm³/mol. The third-order valence-corrected chi connectivity index (χ3v) is 7.05. The van der Waals surface area contributed by atoms with E-state index in [0.717, 1.165) is 11.1 Å². The largest absolute Gasteiger partial charge is 0.493 e. The summed E-state index contributed by atoms with van der Waals surface area (Å²) in [5, 5.41) is 24.1. The van der Waals surface area contributed by atoms with E-state index in [0.29, 0.717) is 74.6 Å². The molecule has 2 atom stereocenters. The van der Waals surface area contributed by atoms with Crippen LogP contribution in [0.4, 0.5) is 5.69 Å². The van der Waals surface area contributed by atoms with Crippen LogP contribution in [-0.2, 0) is 26.2 Å². The van der Waals surface area contributed by atoms with Gasteiger partial charge in [-0.3, -0.25) is 14.4 Å². The van der Waals surface area contributed by atoms with Crippen molar-refractivity contribution >= 4 is 23.5 Å². The summed E-state index contributed by atoms with van der Waals surface area (Å²) in [5.41, 5.74) is 2.71. The molecule has 0 saturated heterocycles. The Morgan fingerprint density at radius 1 is 1.24 bits per heavy atom. The number of rotatable bonds is 11. The number of fused-ring (bicyclic) bond motifs is 2. The van der Waals surface area contributed by atoms with Gasteiger partial charge >= 0.3 is 5.97 Å². The fourth-order valence-electron chi connectivity index (χ4n) is 5.00. The Morgan fingerprint density at radius 3 is 2.84 bits per heavy atom. The van der Waals surface area contributed by atoms with Gasteiger partial charge in [0.05, 0.1) is 24.8 Å². The molecule has 9 heteroatoms. The zero-order valence-corrected chi connectivity index (χ0v) is 20.8. The van der Waals surface area contributed by atoms with Crippen molar-refractivity contribution in [2.75, 3.05) is 31.7 Å². The number of benzene rings is 2. The molecule has 2 aromatic carbocycles. The molecule has 194 valence electrons. The molecule has 9 nitrogen and oxygen atoms in total. The fraction of sp³-hybridized carbons (Fsp3) is 0.429. The van der Waals surface area contributed by atoms with Gasteiger partial charge in [-0.15, -0.1) is 0 Å². The number of carboxylic acid groups (broad SMARTS) is 1. The van der Waals surface area contributed by atoms with Gasteiger partial charge in [-0.25, -0.2) is 0 Å². The van der Waals surface area contributed by atoms with Crippen molar-refractivity contribution in [3.8, 4) is 11.8 Å². The van der Waals surface area contributed by atoms with E-state index < -0.39 is 11.4 Å². The Morgan fingerprint density at radius 2 is 2.08 bits per heavy atom. The fourth-order valence-corrected chi connectivity index (χ4v) is 5.00. The minimum absolute atomic E-state index is 0.0252. The van der Waals surface area contributed by atoms with Gasteiger partial charge in [-0.1, -0.05) is 6.07 Å². The number of carboxylic acids is 1. The summed E-state index contributed by atoms with van der Waals surface area (Å²) in [6.07, 6.45) is 2.23. The molecule has 2 aliphatic rings. The first kappa shape index (κ1) is 26.2. The number of aryl methyl sites for hydroxylation is 1. The first-order valence-corrected chi connectivity index (χ1v) is 12.6. The van der Waals surface area contributed by atoms with Gasteiger partial charge in [0.2, 0.25) is 5.91 Å². The van der Waals surface area contributed by atoms with Crippen LogP contribution in [0.1, 0.15) is 59.7 Å². The highest BCUT2D eigenvalue weighted by Gasteiger charge is 2.61. The number of ether oxygens (including phenoxy) is 2. The number of nitrogens with one attached hydrogen (secondary N) is 2. The molecule has 0 unspecified atom stereocenters. The molecule has 1 spiro atoms. The van der Waals surface area contributed by atoms with Crippen LogP contribution in [0.5, 0.6) is 5.75 Å². The Balaban J connectivity index is 1.50. The van der Waals surface area contributed by atoms with Crippen LogP contribution >= 0.6 is 0 Å². The summed E-state index contributed by atoms with van der Waals surface area (Å²) in [6, 6.07) is 12.5. The zero-order valence-electron chi connectivity index (χ0n) is 20.8. The second-order valence-corrected chi connectivity index (χ2v) is 9.40. The second-order valence-electron chi connectivity index (χ2n) is 9.40. The van der Waals surface area contributed by atoms with Gasteiger partial charge < -0.3 is 25.2 Å². The molecule has 1 fully saturated rings. The van der Waals surface area contributed by atoms with E-state index in [4.69, 9.17) is 14.6 Å². The number of carbonyl (C=O) groups is 3. The topological polar surface area (TPSA) is 138 Å². The number of hydrogen-bond acceptors (Lipinski definition) is 6. The summed E-state index contributed by atoms with van der Waals surface area (Å²) >= 11 is 0. The lowest BCUT2D eigenvalue weighted by atomic mass is 9.86. The molecule has 1 aliphatic carbocycles. The van der Waals surface area contributed by atoms with Gasteiger partial charge in [0.15, 0.2) is 0 Å². The average Bonchev–Trinajstić information content (AvgIpc) is 3.61. The Kier molecular flexibility index (Phi) is 8.09. The smallest absolute Gasteiger partial charge is 0.303 e. The standard InChI is InChI=1S/C28H31N3O6/c1-2-36-13-11-30-26(34)20-8-9-24-21(15-20)28(10-12-37-24)16-22(28)27(35)31-23-14-18(17-29)6-7-19(23)4-3-5-25(32)33/h6-9,14-15,22H,2-5,10-13,16H2,1H3,(H,30,34)(H,31,35)(H,32,33)/t22-,28-/m0/s1. The van der Waals surface area contributed by atoms with Crippen LogP contribution in [0, 0.1) is 17.2 Å². The second kappa shape index (κ2) is 11.4. The molecule has 1 heterocycles. The Labute approximate surface area is 215 Å². The number of nitriles is 1. The van der Waals surface area contributed by atoms with Crippen molar-refractivity contribution in [3.05, 3.63) is 58.7 Å². The Bertz CT molecular complexity index is 1240. The van der Waals surface area contributed by atoms with E-state index in [-0.39, 0.29) is 24.2 Å². The minimum Gasteiger partial charge on any atom is -0.493 e. The molecule has 2 aromatic rings. The monoisotopic (exact) mass is 505 g/mol. The van der Waals surface area contributed by atoms with E-state index in [1.54, 1.807) is 30.3 Å². The van der Waals surface area contributed by atoms with Crippen molar-refractivity contribution in [2.24, 2.45) is 5.92 Å². The van der Waals surface area contributed by atoms with Gasteiger partial charge in [0.1, 0.15) is 5.75 Å². The number of aliphatic carboxylic acids is 1. The maximum Gasteiger partial charge on any atom is 0.303 e. The first-order valence-electron chi connectivity index (χ1n) is 12.6. The molecule has 1 saturated carbocycles. The highest BCUT2D eigenvalue weighted by molar-refractivity contribution is 5.98. The van der Waals surface area contributed by atoms with Crippen LogP contribution in [0.2, 0.25) is 0 Å². The normalized spacial score (nSPS) is 19.3. The van der Waals surface area contributed by atoms with Crippen LogP contribution in [0.3, 0.4) is 0 Å². The average molecular weight is 506 g/mol. The van der Waals surface area contributed by atoms with Crippen molar-refractivity contribution in [1.82, 2.24) is 5.32 Å². The third-order valence-electron chi connectivity index (χ3n) is 7.05. The van der Waals surface area contributed by atoms with E-state index in [9.17, 15) is 19.6 Å². The molecule has 0 aromatic heterocycles. The highest BCUT2D eigenvalue weighted by atomic mass is 16.5. The quantitative estimate of drug-likeness (QED) is 0.398. The van der Waals surface area contributed by atoms with E-state index in [1.807, 2.05) is 13.0 Å². The Hall–Kier alpha value is -3.90. The van der Waals surface area contributed by atoms with Crippen LogP contribution in [0.15, 0.2) is 36.4 Å². The highest BCUT2D eigenvalue weighted by Crippen LogP contribution is 2.61. The third kappa shape index (κ3) is 5.92. The van der Waals surface area contributed by atoms with Gasteiger partial charge in [0.25, 0.3) is 5.91 Å². The van der Waals surface area contributed by atoms with E-state index in [1.165, 1.54) is 0 Å². The molecular weight excluding hydrogens is 474 g/mol. The lowest BCUT2D eigenvalue weighted by Crippen LogP contribution is -2.29. The van der Waals surface area contributed by atoms with E-state index in [2.05, 4.69) is 16.7 Å². The molecule has 3 N–H and O–H groups in total. The van der Waals surface area contributed by atoms with Crippen molar-refractivity contribution in [2.45, 2.75) is 44.4 Å². The van der Waals surface area contributed by atoms with E-state index >= 15 is 0 Å². The summed E-state index contributed by atoms with van der Waals surface area (Å²) in [7, 11) is 0. The number of hydrogen-bond donors (Lipinski definition) is 3. The molecule has 0 bridgehead atoms. The van der Waals surface area contributed by atoms with Gasteiger partial charge in [0, 0.05) is 47.7 Å². The van der Waals surface area contributed by atoms with Gasteiger partial charge in [-0.05, 0) is 68.5 Å². The first-order chi connectivity index (χ1) is 17.9. The number of anilines is 1. The zero-order chi connectivity index (χ0) is 26.4. The number of carbonyl (C=O) groups excluding carboxylic acids is 2. The predicted octanol–water partition coefficient (Wildman–Crippen LogP) is 3.41. The van der Waals surface area contributed by atoms with Gasteiger partial charge in [-0.2, -0.15) is 5.26 Å².